The number of rotatable bonds is 3. The Morgan fingerprint density at radius 2 is 2.38 bits per heavy atom. The minimum atomic E-state index is 0.694. The van der Waals surface area contributed by atoms with Crippen molar-refractivity contribution in [3.05, 3.63) is 0 Å². The molecule has 0 aromatic rings. The van der Waals surface area contributed by atoms with Gasteiger partial charge >= 0.3 is 0 Å². The number of nitrogens with zero attached hydrogens (tertiary/aromatic N) is 1. The van der Waals surface area contributed by atoms with E-state index in [2.05, 4.69) is 30.0 Å². The number of nitrogens with one attached hydrogen (secondary N) is 1. The fourth-order valence-electron chi connectivity index (χ4n) is 2.07. The highest BCUT2D eigenvalue weighted by Gasteiger charge is 2.24. The van der Waals surface area contributed by atoms with Crippen molar-refractivity contribution in [1.82, 2.24) is 10.2 Å². The molecule has 13 heavy (non-hydrogen) atoms. The molecule has 1 N–H and O–H groups in total. The standard InChI is InChI=1S/C11H20N2/c1-4-7-13-8-6-11(12-5-2)10(3)9-13/h1,10-12H,5-9H2,2-3H3. The van der Waals surface area contributed by atoms with Crippen LogP contribution in [0.2, 0.25) is 0 Å². The molecule has 1 rings (SSSR count). The van der Waals surface area contributed by atoms with Crippen LogP contribution in [0.1, 0.15) is 20.3 Å². The lowest BCUT2D eigenvalue weighted by Gasteiger charge is -2.36. The first-order valence-corrected chi connectivity index (χ1v) is 5.17. The molecule has 1 heterocycles. The van der Waals surface area contributed by atoms with E-state index in [1.54, 1.807) is 0 Å². The maximum absolute atomic E-state index is 5.29. The summed E-state index contributed by atoms with van der Waals surface area (Å²) >= 11 is 0. The highest BCUT2D eigenvalue weighted by atomic mass is 15.1. The first-order chi connectivity index (χ1) is 6.27. The van der Waals surface area contributed by atoms with Crippen molar-refractivity contribution in [1.29, 1.82) is 0 Å². The van der Waals surface area contributed by atoms with E-state index in [4.69, 9.17) is 6.42 Å². The fraction of sp³-hybridized carbons (Fsp3) is 0.818. The summed E-state index contributed by atoms with van der Waals surface area (Å²) in [5.74, 6) is 3.43. The average molecular weight is 180 g/mol. The Hall–Kier alpha value is -0.520. The molecule has 1 saturated heterocycles. The summed E-state index contributed by atoms with van der Waals surface area (Å²) in [5.41, 5.74) is 0. The van der Waals surface area contributed by atoms with Crippen molar-refractivity contribution in [2.75, 3.05) is 26.2 Å². The van der Waals surface area contributed by atoms with Gasteiger partial charge in [-0.3, -0.25) is 4.90 Å². The molecule has 74 valence electrons. The van der Waals surface area contributed by atoms with Crippen molar-refractivity contribution < 1.29 is 0 Å². The molecule has 2 heteroatoms. The lowest BCUT2D eigenvalue weighted by molar-refractivity contribution is 0.163. The molecule has 0 aromatic heterocycles. The molecular formula is C11H20N2. The molecule has 0 spiro atoms. The van der Waals surface area contributed by atoms with Crippen LogP contribution in [0.25, 0.3) is 0 Å². The van der Waals surface area contributed by atoms with Crippen molar-refractivity contribution in [2.45, 2.75) is 26.3 Å². The summed E-state index contributed by atoms with van der Waals surface area (Å²) in [7, 11) is 0. The molecule has 2 unspecified atom stereocenters. The number of likely N-dealkylation sites (tertiary alicyclic amines) is 1. The lowest BCUT2D eigenvalue weighted by atomic mass is 9.94. The third kappa shape index (κ3) is 3.02. The number of piperidine rings is 1. The molecule has 2 nitrogen and oxygen atoms in total. The zero-order valence-electron chi connectivity index (χ0n) is 8.71. The van der Waals surface area contributed by atoms with Crippen LogP contribution in [-0.2, 0) is 0 Å². The van der Waals surface area contributed by atoms with Gasteiger partial charge in [-0.15, -0.1) is 6.42 Å². The summed E-state index contributed by atoms with van der Waals surface area (Å²) in [6, 6.07) is 0.694. The first kappa shape index (κ1) is 10.6. The molecule has 0 aromatic carbocycles. The normalized spacial score (nSPS) is 29.9. The van der Waals surface area contributed by atoms with E-state index in [-0.39, 0.29) is 0 Å². The zero-order valence-corrected chi connectivity index (χ0v) is 8.71. The molecule has 2 atom stereocenters. The predicted octanol–water partition coefficient (Wildman–Crippen LogP) is 0.940. The van der Waals surface area contributed by atoms with E-state index >= 15 is 0 Å². The van der Waals surface area contributed by atoms with Crippen LogP contribution in [0.4, 0.5) is 0 Å². The van der Waals surface area contributed by atoms with E-state index in [1.165, 1.54) is 6.42 Å². The van der Waals surface area contributed by atoms with Gasteiger partial charge in [0.05, 0.1) is 6.54 Å². The van der Waals surface area contributed by atoms with E-state index in [1.807, 2.05) is 0 Å². The third-order valence-corrected chi connectivity index (χ3v) is 2.77. The molecule has 0 bridgehead atoms. The minimum Gasteiger partial charge on any atom is -0.314 e. The van der Waals surface area contributed by atoms with Gasteiger partial charge in [0.2, 0.25) is 0 Å². The molecule has 0 saturated carbocycles. The predicted molar refractivity (Wildman–Crippen MR) is 56.5 cm³/mol. The summed E-state index contributed by atoms with van der Waals surface area (Å²) in [6.45, 7) is 8.64. The van der Waals surface area contributed by atoms with Gasteiger partial charge in [-0.05, 0) is 18.9 Å². The third-order valence-electron chi connectivity index (χ3n) is 2.77. The van der Waals surface area contributed by atoms with E-state index < -0.39 is 0 Å². The number of terminal acetylenes is 1. The second kappa shape index (κ2) is 5.26. The molecular weight excluding hydrogens is 160 g/mol. The van der Waals surface area contributed by atoms with E-state index in [0.717, 1.165) is 32.1 Å². The van der Waals surface area contributed by atoms with Gasteiger partial charge in [0.15, 0.2) is 0 Å². The highest BCUT2D eigenvalue weighted by molar-refractivity contribution is 4.91. The van der Waals surface area contributed by atoms with Gasteiger partial charge in [-0.25, -0.2) is 0 Å². The van der Waals surface area contributed by atoms with Crippen molar-refractivity contribution in [3.8, 4) is 12.3 Å². The monoisotopic (exact) mass is 180 g/mol. The Morgan fingerprint density at radius 3 is 2.92 bits per heavy atom. The lowest BCUT2D eigenvalue weighted by Crippen LogP contribution is -2.48. The smallest absolute Gasteiger partial charge is 0.0599 e. The average Bonchev–Trinajstić information content (AvgIpc) is 2.10. The second-order valence-corrected chi connectivity index (χ2v) is 3.87. The van der Waals surface area contributed by atoms with Crippen LogP contribution in [0.5, 0.6) is 0 Å². The van der Waals surface area contributed by atoms with Crippen molar-refractivity contribution in [2.24, 2.45) is 5.92 Å². The van der Waals surface area contributed by atoms with Gasteiger partial charge in [0.1, 0.15) is 0 Å². The van der Waals surface area contributed by atoms with Crippen LogP contribution in [-0.4, -0.2) is 37.1 Å². The van der Waals surface area contributed by atoms with Gasteiger partial charge in [-0.1, -0.05) is 19.8 Å². The summed E-state index contributed by atoms with van der Waals surface area (Å²) in [6.07, 6.45) is 6.52. The summed E-state index contributed by atoms with van der Waals surface area (Å²) < 4.78 is 0. The largest absolute Gasteiger partial charge is 0.314 e. The number of hydrogen-bond donors (Lipinski definition) is 1. The van der Waals surface area contributed by atoms with Crippen LogP contribution < -0.4 is 5.32 Å². The van der Waals surface area contributed by atoms with E-state index in [9.17, 15) is 0 Å². The Balaban J connectivity index is 2.33. The Kier molecular flexibility index (Phi) is 4.27. The van der Waals surface area contributed by atoms with Crippen LogP contribution in [0.3, 0.4) is 0 Å². The Morgan fingerprint density at radius 1 is 1.62 bits per heavy atom. The Labute approximate surface area is 81.7 Å². The van der Waals surface area contributed by atoms with Crippen LogP contribution in [0.15, 0.2) is 0 Å². The summed E-state index contributed by atoms with van der Waals surface area (Å²) in [5, 5.41) is 3.52. The van der Waals surface area contributed by atoms with Crippen molar-refractivity contribution in [3.63, 3.8) is 0 Å². The topological polar surface area (TPSA) is 15.3 Å². The summed E-state index contributed by atoms with van der Waals surface area (Å²) in [4.78, 5) is 2.36. The van der Waals surface area contributed by atoms with Gasteiger partial charge < -0.3 is 5.32 Å². The molecule has 1 aliphatic rings. The fourth-order valence-corrected chi connectivity index (χ4v) is 2.07. The van der Waals surface area contributed by atoms with Crippen molar-refractivity contribution >= 4 is 0 Å². The molecule has 0 amide bonds. The van der Waals surface area contributed by atoms with Gasteiger partial charge in [-0.2, -0.15) is 0 Å². The molecule has 1 aliphatic heterocycles. The first-order valence-electron chi connectivity index (χ1n) is 5.17. The zero-order chi connectivity index (χ0) is 9.68. The maximum atomic E-state index is 5.29. The van der Waals surface area contributed by atoms with Gasteiger partial charge in [0.25, 0.3) is 0 Å². The Bertz CT molecular complexity index is 183. The van der Waals surface area contributed by atoms with E-state index in [0.29, 0.717) is 6.04 Å². The van der Waals surface area contributed by atoms with Gasteiger partial charge in [0, 0.05) is 19.1 Å². The maximum Gasteiger partial charge on any atom is 0.0599 e. The molecule has 0 aliphatic carbocycles. The van der Waals surface area contributed by atoms with Crippen LogP contribution in [0, 0.1) is 18.3 Å². The number of hydrogen-bond acceptors (Lipinski definition) is 2. The minimum absolute atomic E-state index is 0.694. The SMILES string of the molecule is C#CCN1CCC(NCC)C(C)C1. The molecule has 0 radical (unpaired) electrons. The highest BCUT2D eigenvalue weighted by Crippen LogP contribution is 2.15. The molecule has 1 fully saturated rings. The van der Waals surface area contributed by atoms with Crippen LogP contribution >= 0.6 is 0 Å². The quantitative estimate of drug-likeness (QED) is 0.650. The second-order valence-electron chi connectivity index (χ2n) is 3.87.